The van der Waals surface area contributed by atoms with Gasteiger partial charge in [0.1, 0.15) is 12.2 Å². The minimum absolute atomic E-state index is 0.394. The minimum Gasteiger partial charge on any atom is -0.346 e. The standard InChI is InChI=1S/C14H23N5/c1-5-19-13(16-10-17-19)9-18-7-6-12(8-18)14(15-4)11(2)3/h6-8,10-11,14-15H,5,9H2,1-4H3. The third-order valence-corrected chi connectivity index (χ3v) is 3.43. The smallest absolute Gasteiger partial charge is 0.146 e. The van der Waals surface area contributed by atoms with Gasteiger partial charge in [-0.1, -0.05) is 13.8 Å². The van der Waals surface area contributed by atoms with Crippen LogP contribution in [0.25, 0.3) is 0 Å². The van der Waals surface area contributed by atoms with Gasteiger partial charge < -0.3 is 9.88 Å². The number of rotatable bonds is 6. The molecule has 0 amide bonds. The third-order valence-electron chi connectivity index (χ3n) is 3.43. The van der Waals surface area contributed by atoms with Gasteiger partial charge in [0.05, 0.1) is 6.54 Å². The Morgan fingerprint density at radius 2 is 2.16 bits per heavy atom. The Morgan fingerprint density at radius 3 is 2.79 bits per heavy atom. The maximum Gasteiger partial charge on any atom is 0.146 e. The monoisotopic (exact) mass is 261 g/mol. The van der Waals surface area contributed by atoms with Crippen molar-refractivity contribution in [1.82, 2.24) is 24.6 Å². The molecule has 0 bridgehead atoms. The summed E-state index contributed by atoms with van der Waals surface area (Å²) >= 11 is 0. The molecule has 0 aliphatic carbocycles. The molecule has 1 unspecified atom stereocenters. The summed E-state index contributed by atoms with van der Waals surface area (Å²) in [6.45, 7) is 8.16. The lowest BCUT2D eigenvalue weighted by atomic mass is 9.99. The molecule has 0 aliphatic rings. The van der Waals surface area contributed by atoms with Gasteiger partial charge in [-0.25, -0.2) is 9.67 Å². The molecule has 0 aliphatic heterocycles. The predicted molar refractivity (Wildman–Crippen MR) is 75.9 cm³/mol. The van der Waals surface area contributed by atoms with Gasteiger partial charge in [0.15, 0.2) is 0 Å². The first-order valence-electron chi connectivity index (χ1n) is 6.85. The Hall–Kier alpha value is -1.62. The molecule has 19 heavy (non-hydrogen) atoms. The van der Waals surface area contributed by atoms with Crippen molar-refractivity contribution < 1.29 is 0 Å². The van der Waals surface area contributed by atoms with Gasteiger partial charge >= 0.3 is 0 Å². The van der Waals surface area contributed by atoms with Gasteiger partial charge in [-0.05, 0) is 31.5 Å². The molecular formula is C14H23N5. The van der Waals surface area contributed by atoms with E-state index in [1.54, 1.807) is 6.33 Å². The summed E-state index contributed by atoms with van der Waals surface area (Å²) in [5, 5.41) is 7.56. The second kappa shape index (κ2) is 6.02. The second-order valence-corrected chi connectivity index (χ2v) is 5.12. The SMILES string of the molecule is CCn1ncnc1Cn1ccc(C(NC)C(C)C)c1. The highest BCUT2D eigenvalue weighted by Crippen LogP contribution is 2.21. The number of aromatic nitrogens is 4. The van der Waals surface area contributed by atoms with Crippen LogP contribution in [0.1, 0.15) is 38.2 Å². The number of hydrogen-bond donors (Lipinski definition) is 1. The molecule has 0 fully saturated rings. The van der Waals surface area contributed by atoms with Crippen LogP contribution in [0.15, 0.2) is 24.8 Å². The van der Waals surface area contributed by atoms with Crippen molar-refractivity contribution in [3.8, 4) is 0 Å². The lowest BCUT2D eigenvalue weighted by Crippen LogP contribution is -2.21. The molecule has 104 valence electrons. The Labute approximate surface area is 114 Å². The van der Waals surface area contributed by atoms with E-state index in [0.717, 1.165) is 18.9 Å². The van der Waals surface area contributed by atoms with Crippen molar-refractivity contribution in [3.05, 3.63) is 36.2 Å². The van der Waals surface area contributed by atoms with Crippen LogP contribution in [0.2, 0.25) is 0 Å². The van der Waals surface area contributed by atoms with Gasteiger partial charge in [0.25, 0.3) is 0 Å². The first kappa shape index (κ1) is 13.8. The van der Waals surface area contributed by atoms with E-state index >= 15 is 0 Å². The summed E-state index contributed by atoms with van der Waals surface area (Å²) in [6, 6.07) is 2.57. The van der Waals surface area contributed by atoms with E-state index in [4.69, 9.17) is 0 Å². The van der Waals surface area contributed by atoms with Crippen molar-refractivity contribution >= 4 is 0 Å². The van der Waals surface area contributed by atoms with Crippen LogP contribution in [0.3, 0.4) is 0 Å². The Morgan fingerprint density at radius 1 is 1.37 bits per heavy atom. The van der Waals surface area contributed by atoms with E-state index in [0.29, 0.717) is 12.0 Å². The molecule has 0 radical (unpaired) electrons. The van der Waals surface area contributed by atoms with Crippen LogP contribution in [0.4, 0.5) is 0 Å². The maximum absolute atomic E-state index is 4.31. The molecular weight excluding hydrogens is 238 g/mol. The van der Waals surface area contributed by atoms with Crippen LogP contribution < -0.4 is 5.32 Å². The fourth-order valence-electron chi connectivity index (χ4n) is 2.46. The first-order valence-corrected chi connectivity index (χ1v) is 6.85. The quantitative estimate of drug-likeness (QED) is 0.866. The molecule has 5 nitrogen and oxygen atoms in total. The predicted octanol–water partition coefficient (Wildman–Crippen LogP) is 2.06. The van der Waals surface area contributed by atoms with Gasteiger partial charge in [0.2, 0.25) is 0 Å². The molecule has 2 aromatic rings. The number of nitrogens with zero attached hydrogens (tertiary/aromatic N) is 4. The Bertz CT molecular complexity index is 511. The van der Waals surface area contributed by atoms with E-state index in [1.807, 2.05) is 11.7 Å². The summed E-state index contributed by atoms with van der Waals surface area (Å²) < 4.78 is 4.09. The lowest BCUT2D eigenvalue weighted by Gasteiger charge is -2.18. The summed E-state index contributed by atoms with van der Waals surface area (Å²) in [6.07, 6.45) is 5.92. The van der Waals surface area contributed by atoms with E-state index in [-0.39, 0.29) is 0 Å². The molecule has 2 rings (SSSR count). The molecule has 2 heterocycles. The third kappa shape index (κ3) is 3.04. The molecule has 1 N–H and O–H groups in total. The van der Waals surface area contributed by atoms with Crippen LogP contribution in [0, 0.1) is 5.92 Å². The van der Waals surface area contributed by atoms with Crippen molar-refractivity contribution in [2.45, 2.75) is 39.9 Å². The highest BCUT2D eigenvalue weighted by molar-refractivity contribution is 5.16. The highest BCUT2D eigenvalue weighted by atomic mass is 15.3. The fourth-order valence-corrected chi connectivity index (χ4v) is 2.46. The first-order chi connectivity index (χ1) is 9.15. The zero-order chi connectivity index (χ0) is 13.8. The summed E-state index contributed by atoms with van der Waals surface area (Å²) in [4.78, 5) is 4.31. The average Bonchev–Trinajstić information content (AvgIpc) is 3.00. The summed E-state index contributed by atoms with van der Waals surface area (Å²) in [5.74, 6) is 1.57. The van der Waals surface area contributed by atoms with E-state index in [2.05, 4.69) is 59.2 Å². The Kier molecular flexibility index (Phi) is 4.37. The zero-order valence-electron chi connectivity index (χ0n) is 12.2. The maximum atomic E-state index is 4.31. The molecule has 0 saturated heterocycles. The lowest BCUT2D eigenvalue weighted by molar-refractivity contribution is 0.442. The molecule has 2 aromatic heterocycles. The Balaban J connectivity index is 2.13. The van der Waals surface area contributed by atoms with E-state index in [1.165, 1.54) is 5.56 Å². The highest BCUT2D eigenvalue weighted by Gasteiger charge is 2.14. The van der Waals surface area contributed by atoms with Crippen LogP contribution in [-0.2, 0) is 13.1 Å². The fraction of sp³-hybridized carbons (Fsp3) is 0.571. The zero-order valence-corrected chi connectivity index (χ0v) is 12.2. The number of nitrogens with one attached hydrogen (secondary N) is 1. The summed E-state index contributed by atoms with van der Waals surface area (Å²) in [5.41, 5.74) is 1.32. The van der Waals surface area contributed by atoms with Gasteiger partial charge in [-0.2, -0.15) is 5.10 Å². The number of aryl methyl sites for hydroxylation is 1. The van der Waals surface area contributed by atoms with E-state index < -0.39 is 0 Å². The van der Waals surface area contributed by atoms with Gasteiger partial charge in [-0.15, -0.1) is 0 Å². The molecule has 0 spiro atoms. The van der Waals surface area contributed by atoms with Crippen molar-refractivity contribution in [3.63, 3.8) is 0 Å². The van der Waals surface area contributed by atoms with Crippen LogP contribution >= 0.6 is 0 Å². The van der Waals surface area contributed by atoms with Gasteiger partial charge in [0, 0.05) is 25.0 Å². The van der Waals surface area contributed by atoms with Gasteiger partial charge in [-0.3, -0.25) is 0 Å². The van der Waals surface area contributed by atoms with Crippen molar-refractivity contribution in [2.24, 2.45) is 5.92 Å². The van der Waals surface area contributed by atoms with Crippen molar-refractivity contribution in [1.29, 1.82) is 0 Å². The molecule has 0 saturated carbocycles. The van der Waals surface area contributed by atoms with Crippen LogP contribution in [-0.4, -0.2) is 26.4 Å². The minimum atomic E-state index is 0.394. The normalized spacial score (nSPS) is 13.1. The molecule has 0 aromatic carbocycles. The average molecular weight is 261 g/mol. The summed E-state index contributed by atoms with van der Waals surface area (Å²) in [7, 11) is 2.01. The molecule has 5 heteroatoms. The topological polar surface area (TPSA) is 47.7 Å². The van der Waals surface area contributed by atoms with E-state index in [9.17, 15) is 0 Å². The number of hydrogen-bond acceptors (Lipinski definition) is 3. The van der Waals surface area contributed by atoms with Crippen LogP contribution in [0.5, 0.6) is 0 Å². The largest absolute Gasteiger partial charge is 0.346 e. The second-order valence-electron chi connectivity index (χ2n) is 5.12. The molecule has 1 atom stereocenters. The van der Waals surface area contributed by atoms with Crippen molar-refractivity contribution in [2.75, 3.05) is 7.05 Å².